The van der Waals surface area contributed by atoms with E-state index >= 15 is 0 Å². The van der Waals surface area contributed by atoms with E-state index in [-0.39, 0.29) is 0 Å². The third-order valence-corrected chi connectivity index (χ3v) is 5.37. The van der Waals surface area contributed by atoms with Crippen LogP contribution in [0.4, 0.5) is 0 Å². The third-order valence-electron chi connectivity index (χ3n) is 3.62. The highest BCUT2D eigenvalue weighted by Gasteiger charge is 2.31. The summed E-state index contributed by atoms with van der Waals surface area (Å²) < 4.78 is 22.8. The Kier molecular flexibility index (Phi) is 3.67. The van der Waals surface area contributed by atoms with Gasteiger partial charge < -0.3 is 0 Å². The van der Waals surface area contributed by atoms with Gasteiger partial charge in [0, 0.05) is 6.04 Å². The Hall–Kier alpha value is -0.0900. The van der Waals surface area contributed by atoms with Crippen molar-refractivity contribution in [2.24, 2.45) is 0 Å². The lowest BCUT2D eigenvalue weighted by Gasteiger charge is -2.29. The molecule has 15 heavy (non-hydrogen) atoms. The van der Waals surface area contributed by atoms with Crippen LogP contribution in [0.15, 0.2) is 0 Å². The second-order valence-corrected chi connectivity index (χ2v) is 7.09. The predicted octanol–water partition coefficient (Wildman–Crippen LogP) is 1.44. The molecular formula is C11H21NO2S. The summed E-state index contributed by atoms with van der Waals surface area (Å²) in [5, 5.41) is 0. The van der Waals surface area contributed by atoms with Gasteiger partial charge in [-0.05, 0) is 32.4 Å². The molecule has 0 bridgehead atoms. The fraction of sp³-hybridized carbons (Fsp3) is 1.00. The maximum atomic E-state index is 11.4. The Balaban J connectivity index is 1.91. The van der Waals surface area contributed by atoms with Gasteiger partial charge in [0.25, 0.3) is 0 Å². The second-order valence-electron chi connectivity index (χ2n) is 4.86. The third kappa shape index (κ3) is 3.18. The van der Waals surface area contributed by atoms with Gasteiger partial charge in [-0.3, -0.25) is 4.90 Å². The Labute approximate surface area is 92.8 Å². The average molecular weight is 231 g/mol. The molecule has 2 saturated heterocycles. The highest BCUT2D eigenvalue weighted by atomic mass is 32.2. The summed E-state index contributed by atoms with van der Waals surface area (Å²) >= 11 is 0. The summed E-state index contributed by atoms with van der Waals surface area (Å²) in [6.07, 6.45) is 7.35. The minimum absolute atomic E-state index is 0.327. The van der Waals surface area contributed by atoms with Gasteiger partial charge in [-0.15, -0.1) is 0 Å². The zero-order valence-corrected chi connectivity index (χ0v) is 10.1. The van der Waals surface area contributed by atoms with E-state index in [9.17, 15) is 8.42 Å². The zero-order valence-electron chi connectivity index (χ0n) is 9.32. The van der Waals surface area contributed by atoms with Crippen LogP contribution in [-0.4, -0.2) is 44.0 Å². The number of likely N-dealkylation sites (tertiary alicyclic amines) is 1. The number of sulfone groups is 1. The molecule has 0 unspecified atom stereocenters. The van der Waals surface area contributed by atoms with Crippen molar-refractivity contribution in [3.63, 3.8) is 0 Å². The second kappa shape index (κ2) is 4.83. The van der Waals surface area contributed by atoms with Crippen LogP contribution in [-0.2, 0) is 9.84 Å². The van der Waals surface area contributed by atoms with Gasteiger partial charge in [-0.2, -0.15) is 0 Å². The maximum Gasteiger partial charge on any atom is 0.151 e. The van der Waals surface area contributed by atoms with Crippen LogP contribution in [0.5, 0.6) is 0 Å². The minimum Gasteiger partial charge on any atom is -0.299 e. The van der Waals surface area contributed by atoms with Gasteiger partial charge in [0.15, 0.2) is 9.84 Å². The topological polar surface area (TPSA) is 37.4 Å². The SMILES string of the molecule is O=S1(=O)CC[C@H](N2CCCCCCC2)C1. The monoisotopic (exact) mass is 231 g/mol. The van der Waals surface area contributed by atoms with Crippen LogP contribution in [0.3, 0.4) is 0 Å². The van der Waals surface area contributed by atoms with E-state index in [1.54, 1.807) is 0 Å². The first-order chi connectivity index (χ1) is 7.17. The van der Waals surface area contributed by atoms with Crippen LogP contribution < -0.4 is 0 Å². The van der Waals surface area contributed by atoms with E-state index in [4.69, 9.17) is 0 Å². The molecule has 0 aromatic heterocycles. The van der Waals surface area contributed by atoms with Gasteiger partial charge in [0.2, 0.25) is 0 Å². The molecule has 2 aliphatic rings. The van der Waals surface area contributed by atoms with Crippen molar-refractivity contribution in [2.45, 2.75) is 44.6 Å². The molecule has 0 saturated carbocycles. The normalized spacial score (nSPS) is 33.5. The largest absolute Gasteiger partial charge is 0.299 e. The first kappa shape index (κ1) is 11.4. The van der Waals surface area contributed by atoms with E-state index in [1.807, 2.05) is 0 Å². The van der Waals surface area contributed by atoms with E-state index in [1.165, 1.54) is 32.1 Å². The standard InChI is InChI=1S/C11H21NO2S/c13-15(14)9-6-11(10-15)12-7-4-2-1-3-5-8-12/h11H,1-10H2/t11-/m0/s1. The summed E-state index contributed by atoms with van der Waals surface area (Å²) in [6, 6.07) is 0.327. The summed E-state index contributed by atoms with van der Waals surface area (Å²) in [6.45, 7) is 2.22. The Morgan fingerprint density at radius 2 is 1.53 bits per heavy atom. The van der Waals surface area contributed by atoms with Gasteiger partial charge >= 0.3 is 0 Å². The maximum absolute atomic E-state index is 11.4. The van der Waals surface area contributed by atoms with E-state index < -0.39 is 9.84 Å². The number of nitrogens with zero attached hydrogens (tertiary/aromatic N) is 1. The molecule has 0 radical (unpaired) electrons. The van der Waals surface area contributed by atoms with E-state index in [0.717, 1.165) is 19.5 Å². The van der Waals surface area contributed by atoms with Crippen molar-refractivity contribution in [2.75, 3.05) is 24.6 Å². The van der Waals surface area contributed by atoms with Crippen LogP contribution in [0, 0.1) is 0 Å². The van der Waals surface area contributed by atoms with Crippen molar-refractivity contribution in [3.8, 4) is 0 Å². The quantitative estimate of drug-likeness (QED) is 0.685. The fourth-order valence-electron chi connectivity index (χ4n) is 2.70. The lowest BCUT2D eigenvalue weighted by molar-refractivity contribution is 0.193. The van der Waals surface area contributed by atoms with Crippen LogP contribution >= 0.6 is 0 Å². The average Bonchev–Trinajstić information content (AvgIpc) is 2.45. The van der Waals surface area contributed by atoms with Gasteiger partial charge in [-0.1, -0.05) is 19.3 Å². The van der Waals surface area contributed by atoms with Crippen molar-refractivity contribution in [3.05, 3.63) is 0 Å². The highest BCUT2D eigenvalue weighted by Crippen LogP contribution is 2.20. The van der Waals surface area contributed by atoms with Crippen LogP contribution in [0.1, 0.15) is 38.5 Å². The smallest absolute Gasteiger partial charge is 0.151 e. The Morgan fingerprint density at radius 3 is 2.07 bits per heavy atom. The molecule has 2 aliphatic heterocycles. The van der Waals surface area contributed by atoms with Gasteiger partial charge in [0.1, 0.15) is 0 Å². The van der Waals surface area contributed by atoms with Crippen molar-refractivity contribution in [1.82, 2.24) is 4.90 Å². The minimum atomic E-state index is -2.71. The molecule has 3 nitrogen and oxygen atoms in total. The Morgan fingerprint density at radius 1 is 0.933 bits per heavy atom. The number of rotatable bonds is 1. The summed E-state index contributed by atoms with van der Waals surface area (Å²) in [4.78, 5) is 2.42. The summed E-state index contributed by atoms with van der Waals surface area (Å²) in [7, 11) is -2.71. The molecular weight excluding hydrogens is 210 g/mol. The number of hydrogen-bond donors (Lipinski definition) is 0. The van der Waals surface area contributed by atoms with Crippen molar-refractivity contribution in [1.29, 1.82) is 0 Å². The van der Waals surface area contributed by atoms with Gasteiger partial charge in [0.05, 0.1) is 11.5 Å². The van der Waals surface area contributed by atoms with Gasteiger partial charge in [-0.25, -0.2) is 8.42 Å². The van der Waals surface area contributed by atoms with Crippen LogP contribution in [0.25, 0.3) is 0 Å². The number of hydrogen-bond acceptors (Lipinski definition) is 3. The molecule has 0 amide bonds. The molecule has 88 valence electrons. The molecule has 2 heterocycles. The molecule has 1 atom stereocenters. The van der Waals surface area contributed by atoms with Crippen molar-refractivity contribution < 1.29 is 8.42 Å². The van der Waals surface area contributed by atoms with E-state index in [0.29, 0.717) is 17.5 Å². The molecule has 2 rings (SSSR count). The molecule has 0 spiro atoms. The van der Waals surface area contributed by atoms with Crippen LogP contribution in [0.2, 0.25) is 0 Å². The fourth-order valence-corrected chi connectivity index (χ4v) is 4.46. The van der Waals surface area contributed by atoms with E-state index in [2.05, 4.69) is 4.90 Å². The highest BCUT2D eigenvalue weighted by molar-refractivity contribution is 7.91. The zero-order chi connectivity index (χ0) is 10.7. The first-order valence-electron chi connectivity index (χ1n) is 6.12. The molecule has 0 aromatic carbocycles. The van der Waals surface area contributed by atoms with Crippen molar-refractivity contribution >= 4 is 9.84 Å². The molecule has 0 N–H and O–H groups in total. The first-order valence-corrected chi connectivity index (χ1v) is 7.94. The molecule has 4 heteroatoms. The lowest BCUT2D eigenvalue weighted by atomic mass is 10.1. The predicted molar refractivity (Wildman–Crippen MR) is 61.7 cm³/mol. The Bertz CT molecular complexity index is 292. The summed E-state index contributed by atoms with van der Waals surface area (Å²) in [5.74, 6) is 0.821. The summed E-state index contributed by atoms with van der Waals surface area (Å²) in [5.41, 5.74) is 0. The lowest BCUT2D eigenvalue weighted by Crippen LogP contribution is -2.38. The molecule has 0 aliphatic carbocycles. The molecule has 2 fully saturated rings. The molecule has 0 aromatic rings.